The van der Waals surface area contributed by atoms with Gasteiger partial charge in [-0.05, 0) is 75.2 Å². The summed E-state index contributed by atoms with van der Waals surface area (Å²) in [6.07, 6.45) is 2.03. The monoisotopic (exact) mass is 401 g/mol. The second kappa shape index (κ2) is 9.65. The Morgan fingerprint density at radius 3 is 2.24 bits per heavy atom. The minimum atomic E-state index is -0.753. The van der Waals surface area contributed by atoms with Crippen molar-refractivity contribution in [3.8, 4) is 17.2 Å². The van der Waals surface area contributed by atoms with Gasteiger partial charge in [0.05, 0.1) is 6.10 Å². The van der Waals surface area contributed by atoms with Crippen molar-refractivity contribution in [2.45, 2.75) is 38.8 Å². The summed E-state index contributed by atoms with van der Waals surface area (Å²) in [4.78, 5) is 3.13. The summed E-state index contributed by atoms with van der Waals surface area (Å²) >= 11 is 0. The first-order chi connectivity index (χ1) is 13.6. The second-order valence-electron chi connectivity index (χ2n) is 8.01. The molecule has 8 N–H and O–H groups in total. The van der Waals surface area contributed by atoms with Gasteiger partial charge in [-0.25, -0.2) is 0 Å². The minimum absolute atomic E-state index is 0.0511. The van der Waals surface area contributed by atoms with Crippen molar-refractivity contribution in [1.29, 1.82) is 0 Å². The summed E-state index contributed by atoms with van der Waals surface area (Å²) in [7, 11) is 0. The van der Waals surface area contributed by atoms with Gasteiger partial charge < -0.3 is 36.5 Å². The number of phenolic OH excluding ortho intramolecular Hbond substituents is 3. The molecular formula is C22H31N3O4. The largest absolute Gasteiger partial charge is 0.508 e. The van der Waals surface area contributed by atoms with Gasteiger partial charge in [-0.2, -0.15) is 0 Å². The number of hydrogen-bond donors (Lipinski definition) is 7. The predicted molar refractivity (Wildman–Crippen MR) is 115 cm³/mol. The molecule has 0 saturated heterocycles. The van der Waals surface area contributed by atoms with Crippen LogP contribution in [-0.2, 0) is 6.42 Å². The van der Waals surface area contributed by atoms with Crippen molar-refractivity contribution in [2.75, 3.05) is 13.1 Å². The third-order valence-corrected chi connectivity index (χ3v) is 4.30. The van der Waals surface area contributed by atoms with Gasteiger partial charge in [0, 0.05) is 35.2 Å². The highest BCUT2D eigenvalue weighted by Gasteiger charge is 2.14. The fraction of sp³-hybridized carbons (Fsp3) is 0.364. The number of fused-ring (bicyclic) bond motifs is 1. The Bertz CT molecular complexity index is 911. The molecule has 1 unspecified atom stereocenters. The highest BCUT2D eigenvalue weighted by atomic mass is 16.3. The fourth-order valence-corrected chi connectivity index (χ4v) is 2.86. The van der Waals surface area contributed by atoms with E-state index in [9.17, 15) is 20.4 Å². The van der Waals surface area contributed by atoms with E-state index in [-0.39, 0.29) is 17.0 Å². The molecule has 7 heteroatoms. The molecule has 0 aliphatic heterocycles. The van der Waals surface area contributed by atoms with Crippen molar-refractivity contribution < 1.29 is 20.4 Å². The van der Waals surface area contributed by atoms with Gasteiger partial charge in [-0.1, -0.05) is 0 Å². The van der Waals surface area contributed by atoms with Crippen LogP contribution in [0.15, 0.2) is 42.6 Å². The number of phenols is 3. The molecule has 1 aromatic heterocycles. The van der Waals surface area contributed by atoms with E-state index < -0.39 is 6.10 Å². The molecule has 0 bridgehead atoms. The van der Waals surface area contributed by atoms with Gasteiger partial charge in [-0.3, -0.25) is 0 Å². The molecule has 7 nitrogen and oxygen atoms in total. The van der Waals surface area contributed by atoms with Crippen LogP contribution in [0.25, 0.3) is 10.9 Å². The van der Waals surface area contributed by atoms with Crippen LogP contribution in [0.4, 0.5) is 0 Å². The molecule has 0 radical (unpaired) electrons. The van der Waals surface area contributed by atoms with Crippen LogP contribution in [0.2, 0.25) is 0 Å². The van der Waals surface area contributed by atoms with Gasteiger partial charge in [-0.15, -0.1) is 0 Å². The molecule has 1 atom stereocenters. The van der Waals surface area contributed by atoms with Crippen LogP contribution >= 0.6 is 0 Å². The van der Waals surface area contributed by atoms with E-state index in [1.807, 2.05) is 33.0 Å². The quantitative estimate of drug-likeness (QED) is 0.351. The van der Waals surface area contributed by atoms with Crippen LogP contribution in [0.5, 0.6) is 17.2 Å². The molecule has 3 rings (SSSR count). The normalized spacial score (nSPS) is 12.4. The lowest BCUT2D eigenvalue weighted by Crippen LogP contribution is -2.38. The lowest BCUT2D eigenvalue weighted by molar-refractivity contribution is 0.162. The smallest absolute Gasteiger partial charge is 0.119 e. The van der Waals surface area contributed by atoms with E-state index in [1.54, 1.807) is 12.1 Å². The third kappa shape index (κ3) is 6.98. The number of nitrogens with two attached hydrogens (primary N) is 1. The van der Waals surface area contributed by atoms with E-state index in [4.69, 9.17) is 5.73 Å². The zero-order chi connectivity index (χ0) is 21.6. The van der Waals surface area contributed by atoms with Crippen molar-refractivity contribution in [3.05, 3.63) is 53.7 Å². The van der Waals surface area contributed by atoms with Gasteiger partial charge in [0.1, 0.15) is 17.2 Å². The van der Waals surface area contributed by atoms with E-state index >= 15 is 0 Å². The summed E-state index contributed by atoms with van der Waals surface area (Å²) in [5.41, 5.74) is 8.09. The van der Waals surface area contributed by atoms with E-state index in [1.165, 1.54) is 18.2 Å². The number of β-amino-alcohol motifs (C(OH)–C–C–N with tert-alkyl or cyclic N) is 1. The summed E-state index contributed by atoms with van der Waals surface area (Å²) in [5.74, 6) is 0.194. The van der Waals surface area contributed by atoms with Crippen LogP contribution in [0, 0.1) is 0 Å². The van der Waals surface area contributed by atoms with Crippen LogP contribution < -0.4 is 11.1 Å². The Morgan fingerprint density at radius 2 is 1.66 bits per heavy atom. The Hall–Kier alpha value is -2.74. The SMILES string of the molecule is CC(C)(C)NCC(O)c1cc(O)cc(O)c1.NCCc1c[nH]c2ccc(O)cc12. The highest BCUT2D eigenvalue weighted by Crippen LogP contribution is 2.25. The number of aromatic amines is 1. The maximum absolute atomic E-state index is 9.85. The molecule has 29 heavy (non-hydrogen) atoms. The summed E-state index contributed by atoms with van der Waals surface area (Å²) in [5, 5.41) is 41.9. The lowest BCUT2D eigenvalue weighted by atomic mass is 10.1. The molecular weight excluding hydrogens is 370 g/mol. The number of aliphatic hydroxyl groups excluding tert-OH is 1. The maximum Gasteiger partial charge on any atom is 0.119 e. The van der Waals surface area contributed by atoms with Crippen LogP contribution in [-0.4, -0.2) is 44.0 Å². The van der Waals surface area contributed by atoms with Crippen LogP contribution in [0.3, 0.4) is 0 Å². The first-order valence-corrected chi connectivity index (χ1v) is 9.54. The molecule has 0 aliphatic rings. The van der Waals surface area contributed by atoms with Crippen molar-refractivity contribution >= 4 is 10.9 Å². The standard InChI is InChI=1S/C12H19NO3.C10H12N2O/c1-12(2,3)13-7-11(16)8-4-9(14)6-10(15)5-8;11-4-3-7-6-12-10-2-1-8(13)5-9(7)10/h4-6,11,13-16H,7H2,1-3H3;1-2,5-6,12-13H,3-4,11H2. The average molecular weight is 402 g/mol. The number of aromatic hydroxyl groups is 3. The Morgan fingerprint density at radius 1 is 1.00 bits per heavy atom. The average Bonchev–Trinajstić information content (AvgIpc) is 3.01. The summed E-state index contributed by atoms with van der Waals surface area (Å²) < 4.78 is 0. The number of H-pyrrole nitrogens is 1. The van der Waals surface area contributed by atoms with Gasteiger partial charge in [0.15, 0.2) is 0 Å². The summed E-state index contributed by atoms with van der Waals surface area (Å²) in [6, 6.07) is 9.41. The maximum atomic E-state index is 9.85. The molecule has 0 saturated carbocycles. The van der Waals surface area contributed by atoms with Crippen molar-refractivity contribution in [2.24, 2.45) is 5.73 Å². The topological polar surface area (TPSA) is 135 Å². The molecule has 1 heterocycles. The highest BCUT2D eigenvalue weighted by molar-refractivity contribution is 5.84. The van der Waals surface area contributed by atoms with E-state index in [0.717, 1.165) is 22.9 Å². The molecule has 158 valence electrons. The van der Waals surface area contributed by atoms with E-state index in [2.05, 4.69) is 10.3 Å². The number of rotatable bonds is 5. The second-order valence-corrected chi connectivity index (χ2v) is 8.01. The Balaban J connectivity index is 0.000000211. The Kier molecular flexibility index (Phi) is 7.50. The number of benzene rings is 2. The molecule has 0 aliphatic carbocycles. The van der Waals surface area contributed by atoms with Crippen LogP contribution in [0.1, 0.15) is 38.0 Å². The molecule has 0 fully saturated rings. The van der Waals surface area contributed by atoms with E-state index in [0.29, 0.717) is 24.4 Å². The number of aromatic nitrogens is 1. The van der Waals surface area contributed by atoms with Gasteiger partial charge >= 0.3 is 0 Å². The van der Waals surface area contributed by atoms with Crippen molar-refractivity contribution in [1.82, 2.24) is 10.3 Å². The third-order valence-electron chi connectivity index (χ3n) is 4.30. The summed E-state index contributed by atoms with van der Waals surface area (Å²) in [6.45, 7) is 6.99. The molecule has 0 spiro atoms. The number of nitrogens with one attached hydrogen (secondary N) is 2. The molecule has 2 aromatic carbocycles. The van der Waals surface area contributed by atoms with Gasteiger partial charge in [0.25, 0.3) is 0 Å². The lowest BCUT2D eigenvalue weighted by Gasteiger charge is -2.23. The van der Waals surface area contributed by atoms with Gasteiger partial charge in [0.2, 0.25) is 0 Å². The van der Waals surface area contributed by atoms with Crippen molar-refractivity contribution in [3.63, 3.8) is 0 Å². The predicted octanol–water partition coefficient (Wildman–Crippen LogP) is 2.89. The zero-order valence-electron chi connectivity index (χ0n) is 17.1. The zero-order valence-corrected chi connectivity index (χ0v) is 17.1. The first-order valence-electron chi connectivity index (χ1n) is 9.54. The fourth-order valence-electron chi connectivity index (χ4n) is 2.86. The number of aliphatic hydroxyl groups is 1. The molecule has 0 amide bonds. The minimum Gasteiger partial charge on any atom is -0.508 e. The molecule has 3 aromatic rings. The number of hydrogen-bond acceptors (Lipinski definition) is 6. The first kappa shape index (κ1) is 22.5. The Labute approximate surface area is 170 Å².